The molecule has 1 aliphatic rings. The molecule has 2 heterocycles. The zero-order chi connectivity index (χ0) is 38.6. The molecule has 0 amide bonds. The molecule has 1 aliphatic carbocycles. The highest BCUT2D eigenvalue weighted by atomic mass is 15.0. The highest BCUT2D eigenvalue weighted by Crippen LogP contribution is 2.40. The number of hydrogen-bond donors (Lipinski definition) is 0. The van der Waals surface area contributed by atoms with E-state index in [1.54, 1.807) is 0 Å². The molecule has 0 radical (unpaired) electrons. The summed E-state index contributed by atoms with van der Waals surface area (Å²) in [5.74, 6) is 0. The van der Waals surface area contributed by atoms with Crippen LogP contribution in [0.3, 0.4) is 0 Å². The van der Waals surface area contributed by atoms with E-state index in [-0.39, 0.29) is 0 Å². The van der Waals surface area contributed by atoms with Gasteiger partial charge in [0.15, 0.2) is 0 Å². The minimum atomic E-state index is 0.665. The van der Waals surface area contributed by atoms with E-state index in [2.05, 4.69) is 191 Å². The van der Waals surface area contributed by atoms with E-state index < -0.39 is 0 Å². The van der Waals surface area contributed by atoms with Gasteiger partial charge in [-0.2, -0.15) is 5.26 Å². The number of nitrogens with zero attached hydrogens (tertiary/aromatic N) is 3. The molecule has 0 spiro atoms. The summed E-state index contributed by atoms with van der Waals surface area (Å²) in [7, 11) is 0. The van der Waals surface area contributed by atoms with Crippen molar-refractivity contribution in [2.24, 2.45) is 0 Å². The fraction of sp³-hybridized carbons (Fsp3) is 0.0364. The van der Waals surface area contributed by atoms with E-state index in [1.807, 2.05) is 24.3 Å². The Bertz CT molecular complexity index is 3310. The van der Waals surface area contributed by atoms with Crippen LogP contribution < -0.4 is 0 Å². The van der Waals surface area contributed by atoms with Crippen molar-refractivity contribution >= 4 is 54.9 Å². The van der Waals surface area contributed by atoms with E-state index >= 15 is 0 Å². The van der Waals surface area contributed by atoms with Gasteiger partial charge in [0.25, 0.3) is 0 Å². The van der Waals surface area contributed by atoms with Gasteiger partial charge in [0.2, 0.25) is 0 Å². The quantitative estimate of drug-likeness (QED) is 0.167. The first-order valence-corrected chi connectivity index (χ1v) is 19.9. The first-order valence-electron chi connectivity index (χ1n) is 19.9. The lowest BCUT2D eigenvalue weighted by molar-refractivity contribution is 0.992. The smallest absolute Gasteiger partial charge is 0.0991 e. The SMILES string of the molecule is N#Cc1ccc(-c2cccc(-n3c4ccccc4c4cc(-c5ccc(-c6ccc7c(c6)c6ccccc6n7C6=CC=C(c7ccccc7)CC6)cc5)ccc43)c2)cc1. The summed E-state index contributed by atoms with van der Waals surface area (Å²) in [4.78, 5) is 0. The molecule has 0 unspecified atom stereocenters. The Balaban J connectivity index is 0.933. The van der Waals surface area contributed by atoms with Crippen molar-refractivity contribution in [3.63, 3.8) is 0 Å². The Labute approximate surface area is 337 Å². The zero-order valence-electron chi connectivity index (χ0n) is 31.8. The van der Waals surface area contributed by atoms with Crippen LogP contribution in [0.15, 0.2) is 200 Å². The van der Waals surface area contributed by atoms with Crippen molar-refractivity contribution in [2.45, 2.75) is 12.8 Å². The maximum atomic E-state index is 9.29. The molecule has 0 fully saturated rings. The van der Waals surface area contributed by atoms with Crippen LogP contribution in [0.1, 0.15) is 24.0 Å². The predicted molar refractivity (Wildman–Crippen MR) is 243 cm³/mol. The highest BCUT2D eigenvalue weighted by molar-refractivity contribution is 6.12. The summed E-state index contributed by atoms with van der Waals surface area (Å²) in [6.07, 6.45) is 6.64. The van der Waals surface area contributed by atoms with Crippen LogP contribution in [0.25, 0.3) is 93.9 Å². The van der Waals surface area contributed by atoms with Crippen LogP contribution in [-0.2, 0) is 0 Å². The molecule has 0 bridgehead atoms. The first-order chi connectivity index (χ1) is 28.7. The van der Waals surface area contributed by atoms with Crippen LogP contribution >= 0.6 is 0 Å². The second-order valence-corrected chi connectivity index (χ2v) is 15.2. The van der Waals surface area contributed by atoms with Crippen molar-refractivity contribution < 1.29 is 0 Å². The standard InChI is InChI=1S/C55H37N3/c56-36-37-17-19-40(20-18-37)43-11-8-12-47(33-43)58-53-16-7-5-14-49(53)51-35-45(28-32-55(51)58)42-23-21-41(22-24-42)44-27-31-54-50(34-44)48-13-4-6-15-52(48)57(54)46-29-25-39(26-30-46)38-9-2-1-3-10-38/h1-25,27-29,31-35H,26,30H2. The highest BCUT2D eigenvalue weighted by Gasteiger charge is 2.18. The second kappa shape index (κ2) is 13.8. The average molecular weight is 740 g/mol. The number of fused-ring (bicyclic) bond motifs is 6. The minimum Gasteiger partial charge on any atom is -0.313 e. The van der Waals surface area contributed by atoms with Crippen molar-refractivity contribution in [1.29, 1.82) is 5.26 Å². The molecule has 272 valence electrons. The molecule has 8 aromatic carbocycles. The summed E-state index contributed by atoms with van der Waals surface area (Å²) >= 11 is 0. The number of aromatic nitrogens is 2. The van der Waals surface area contributed by atoms with Gasteiger partial charge in [-0.15, -0.1) is 0 Å². The van der Waals surface area contributed by atoms with Gasteiger partial charge in [0, 0.05) is 32.9 Å². The Kier molecular flexibility index (Phi) is 8.01. The molecule has 0 saturated heterocycles. The van der Waals surface area contributed by atoms with Crippen LogP contribution in [0.5, 0.6) is 0 Å². The van der Waals surface area contributed by atoms with Crippen LogP contribution in [0, 0.1) is 11.3 Å². The molecular weight excluding hydrogens is 703 g/mol. The van der Waals surface area contributed by atoms with Gasteiger partial charge in [0.05, 0.1) is 33.7 Å². The number of benzene rings is 8. The van der Waals surface area contributed by atoms with Crippen molar-refractivity contribution in [1.82, 2.24) is 9.13 Å². The molecule has 0 saturated carbocycles. The molecule has 3 heteroatoms. The summed E-state index contributed by atoms with van der Waals surface area (Å²) in [5, 5.41) is 14.3. The van der Waals surface area contributed by atoms with Crippen LogP contribution in [0.2, 0.25) is 0 Å². The zero-order valence-corrected chi connectivity index (χ0v) is 31.8. The predicted octanol–water partition coefficient (Wildman–Crippen LogP) is 14.5. The third-order valence-electron chi connectivity index (χ3n) is 11.9. The maximum Gasteiger partial charge on any atom is 0.0991 e. The number of para-hydroxylation sites is 2. The third kappa shape index (κ3) is 5.66. The average Bonchev–Trinajstić information content (AvgIpc) is 3.82. The van der Waals surface area contributed by atoms with Gasteiger partial charge in [-0.05, 0) is 124 Å². The van der Waals surface area contributed by atoms with Gasteiger partial charge in [0.1, 0.15) is 0 Å². The van der Waals surface area contributed by atoms with Crippen molar-refractivity contribution in [3.8, 4) is 45.1 Å². The number of allylic oxidation sites excluding steroid dienone is 4. The lowest BCUT2D eigenvalue weighted by Gasteiger charge is -2.18. The Morgan fingerprint density at radius 2 is 0.862 bits per heavy atom. The van der Waals surface area contributed by atoms with Crippen LogP contribution in [0.4, 0.5) is 0 Å². The minimum absolute atomic E-state index is 0.665. The van der Waals surface area contributed by atoms with Gasteiger partial charge in [-0.25, -0.2) is 0 Å². The maximum absolute atomic E-state index is 9.29. The largest absolute Gasteiger partial charge is 0.313 e. The first kappa shape index (κ1) is 33.6. The van der Waals surface area contributed by atoms with Gasteiger partial charge < -0.3 is 9.13 Å². The Morgan fingerprint density at radius 3 is 1.47 bits per heavy atom. The van der Waals surface area contributed by atoms with E-state index in [4.69, 9.17) is 0 Å². The van der Waals surface area contributed by atoms with Crippen LogP contribution in [-0.4, -0.2) is 9.13 Å². The Hall–Kier alpha value is -7.67. The summed E-state index contributed by atoms with van der Waals surface area (Å²) in [6, 6.07) is 69.7. The summed E-state index contributed by atoms with van der Waals surface area (Å²) < 4.78 is 4.83. The molecular formula is C55H37N3. The van der Waals surface area contributed by atoms with Crippen molar-refractivity contribution in [3.05, 3.63) is 211 Å². The van der Waals surface area contributed by atoms with Crippen molar-refractivity contribution in [2.75, 3.05) is 0 Å². The fourth-order valence-corrected chi connectivity index (χ4v) is 9.01. The molecule has 0 aliphatic heterocycles. The lowest BCUT2D eigenvalue weighted by atomic mass is 9.95. The van der Waals surface area contributed by atoms with E-state index in [9.17, 15) is 5.26 Å². The van der Waals surface area contributed by atoms with Gasteiger partial charge >= 0.3 is 0 Å². The molecule has 0 atom stereocenters. The number of hydrogen-bond acceptors (Lipinski definition) is 1. The third-order valence-corrected chi connectivity index (χ3v) is 11.9. The number of nitriles is 1. The fourth-order valence-electron chi connectivity index (χ4n) is 9.01. The van der Waals surface area contributed by atoms with E-state index in [0.29, 0.717) is 5.56 Å². The molecule has 58 heavy (non-hydrogen) atoms. The summed E-state index contributed by atoms with van der Waals surface area (Å²) in [5.41, 5.74) is 17.7. The lowest BCUT2D eigenvalue weighted by Crippen LogP contribution is -2.01. The Morgan fingerprint density at radius 1 is 0.362 bits per heavy atom. The molecule has 2 aromatic heterocycles. The topological polar surface area (TPSA) is 33.6 Å². The van der Waals surface area contributed by atoms with E-state index in [0.717, 1.165) is 29.7 Å². The molecule has 11 rings (SSSR count). The molecule has 10 aromatic rings. The number of rotatable bonds is 6. The monoisotopic (exact) mass is 739 g/mol. The second-order valence-electron chi connectivity index (χ2n) is 15.2. The van der Waals surface area contributed by atoms with E-state index in [1.165, 1.54) is 82.7 Å². The normalized spacial score (nSPS) is 12.9. The molecule has 3 nitrogen and oxygen atoms in total. The van der Waals surface area contributed by atoms with Gasteiger partial charge in [-0.1, -0.05) is 133 Å². The summed E-state index contributed by atoms with van der Waals surface area (Å²) in [6.45, 7) is 0. The van der Waals surface area contributed by atoms with Gasteiger partial charge in [-0.3, -0.25) is 0 Å². The molecule has 0 N–H and O–H groups in total.